The molecule has 1 aliphatic carbocycles. The fourth-order valence-electron chi connectivity index (χ4n) is 2.95. The zero-order valence-corrected chi connectivity index (χ0v) is 9.39. The van der Waals surface area contributed by atoms with Crippen LogP contribution < -0.4 is 10.6 Å². The van der Waals surface area contributed by atoms with Crippen LogP contribution in [0, 0.1) is 5.92 Å². The summed E-state index contributed by atoms with van der Waals surface area (Å²) in [6.45, 7) is 4.61. The summed E-state index contributed by atoms with van der Waals surface area (Å²) < 4.78 is 0. The third kappa shape index (κ3) is 2.71. The Bertz CT molecular complexity index is 164. The van der Waals surface area contributed by atoms with Gasteiger partial charge < -0.3 is 10.6 Å². The molecule has 2 rings (SSSR count). The quantitative estimate of drug-likeness (QED) is 0.705. The second kappa shape index (κ2) is 5.13. The van der Waals surface area contributed by atoms with Gasteiger partial charge in [0.15, 0.2) is 0 Å². The summed E-state index contributed by atoms with van der Waals surface area (Å²) in [6, 6.07) is 1.40. The molecule has 0 spiro atoms. The van der Waals surface area contributed by atoms with Crippen molar-refractivity contribution in [2.24, 2.45) is 5.92 Å². The van der Waals surface area contributed by atoms with E-state index in [0.717, 1.165) is 25.0 Å². The fourth-order valence-corrected chi connectivity index (χ4v) is 2.95. The highest BCUT2D eigenvalue weighted by atomic mass is 15.1. The van der Waals surface area contributed by atoms with Crippen LogP contribution in [0.2, 0.25) is 0 Å². The van der Waals surface area contributed by atoms with E-state index in [9.17, 15) is 0 Å². The van der Waals surface area contributed by atoms with Gasteiger partial charge in [-0.3, -0.25) is 0 Å². The molecule has 0 radical (unpaired) electrons. The van der Waals surface area contributed by atoms with E-state index in [1.54, 1.807) is 0 Å². The predicted molar refractivity (Wildman–Crippen MR) is 60.4 cm³/mol. The van der Waals surface area contributed by atoms with Gasteiger partial charge in [0, 0.05) is 25.2 Å². The van der Waals surface area contributed by atoms with Crippen LogP contribution in [0.1, 0.15) is 45.4 Å². The Balaban J connectivity index is 1.76. The molecule has 2 atom stereocenters. The van der Waals surface area contributed by atoms with Crippen molar-refractivity contribution in [3.8, 4) is 0 Å². The summed E-state index contributed by atoms with van der Waals surface area (Å²) in [5.41, 5.74) is 0. The Morgan fingerprint density at radius 1 is 1.00 bits per heavy atom. The smallest absolute Gasteiger partial charge is 0.0221 e. The van der Waals surface area contributed by atoms with Gasteiger partial charge in [0.2, 0.25) is 0 Å². The van der Waals surface area contributed by atoms with E-state index in [1.807, 2.05) is 0 Å². The summed E-state index contributed by atoms with van der Waals surface area (Å²) in [7, 11) is 0. The van der Waals surface area contributed by atoms with Crippen molar-refractivity contribution < 1.29 is 0 Å². The molecule has 1 heterocycles. The molecule has 14 heavy (non-hydrogen) atoms. The van der Waals surface area contributed by atoms with Gasteiger partial charge in [-0.15, -0.1) is 0 Å². The average Bonchev–Trinajstić information content (AvgIpc) is 2.23. The van der Waals surface area contributed by atoms with Gasteiger partial charge in [-0.25, -0.2) is 0 Å². The predicted octanol–water partition coefficient (Wildman–Crippen LogP) is 1.91. The molecule has 2 N–H and O–H groups in total. The van der Waals surface area contributed by atoms with E-state index in [-0.39, 0.29) is 0 Å². The van der Waals surface area contributed by atoms with Gasteiger partial charge in [-0.2, -0.15) is 0 Å². The lowest BCUT2D eigenvalue weighted by molar-refractivity contribution is 0.248. The van der Waals surface area contributed by atoms with E-state index < -0.39 is 0 Å². The molecule has 0 aromatic heterocycles. The normalized spacial score (nSPS) is 35.8. The molecule has 2 fully saturated rings. The third-order valence-corrected chi connectivity index (χ3v) is 3.91. The standard InChI is InChI=1S/C12H24N2/c1-10-12(14-8-7-13-10)9-11-5-3-2-4-6-11/h10-14H,2-9H2,1H3. The summed E-state index contributed by atoms with van der Waals surface area (Å²) in [6.07, 6.45) is 8.77. The van der Waals surface area contributed by atoms with E-state index in [0.29, 0.717) is 6.04 Å². The number of hydrogen-bond acceptors (Lipinski definition) is 2. The van der Waals surface area contributed by atoms with Crippen molar-refractivity contribution >= 4 is 0 Å². The van der Waals surface area contributed by atoms with Crippen LogP contribution in [-0.4, -0.2) is 25.2 Å². The SMILES string of the molecule is CC1NCCNC1CC1CCCCC1. The first-order valence-electron chi connectivity index (χ1n) is 6.33. The molecule has 1 saturated carbocycles. The fraction of sp³-hybridized carbons (Fsp3) is 1.00. The first kappa shape index (κ1) is 10.4. The summed E-state index contributed by atoms with van der Waals surface area (Å²) in [5, 5.41) is 7.21. The largest absolute Gasteiger partial charge is 0.311 e. The molecule has 0 aromatic rings. The Morgan fingerprint density at radius 3 is 2.43 bits per heavy atom. The average molecular weight is 196 g/mol. The van der Waals surface area contributed by atoms with Crippen LogP contribution in [-0.2, 0) is 0 Å². The van der Waals surface area contributed by atoms with Gasteiger partial charge in [0.05, 0.1) is 0 Å². The molecule has 0 amide bonds. The Hall–Kier alpha value is -0.0800. The molecule has 82 valence electrons. The van der Waals surface area contributed by atoms with Crippen molar-refractivity contribution in [3.63, 3.8) is 0 Å². The molecular weight excluding hydrogens is 172 g/mol. The molecule has 1 saturated heterocycles. The lowest BCUT2D eigenvalue weighted by Gasteiger charge is -2.34. The monoisotopic (exact) mass is 196 g/mol. The van der Waals surface area contributed by atoms with Crippen molar-refractivity contribution in [1.82, 2.24) is 10.6 Å². The number of piperazine rings is 1. The Labute approximate surface area is 87.8 Å². The van der Waals surface area contributed by atoms with Crippen LogP contribution in [0.5, 0.6) is 0 Å². The maximum Gasteiger partial charge on any atom is 0.0221 e. The topological polar surface area (TPSA) is 24.1 Å². The number of nitrogens with one attached hydrogen (secondary N) is 2. The highest BCUT2D eigenvalue weighted by Gasteiger charge is 2.24. The van der Waals surface area contributed by atoms with Gasteiger partial charge in [-0.05, 0) is 19.3 Å². The van der Waals surface area contributed by atoms with Crippen molar-refractivity contribution in [1.29, 1.82) is 0 Å². The lowest BCUT2D eigenvalue weighted by Crippen LogP contribution is -2.55. The molecule has 2 unspecified atom stereocenters. The molecule has 2 aliphatic rings. The molecular formula is C12H24N2. The van der Waals surface area contributed by atoms with E-state index in [1.165, 1.54) is 38.5 Å². The van der Waals surface area contributed by atoms with Crippen LogP contribution in [0.25, 0.3) is 0 Å². The molecule has 0 aromatic carbocycles. The van der Waals surface area contributed by atoms with Gasteiger partial charge in [-0.1, -0.05) is 32.1 Å². The molecule has 1 aliphatic heterocycles. The third-order valence-electron chi connectivity index (χ3n) is 3.91. The lowest BCUT2D eigenvalue weighted by atomic mass is 9.83. The molecule has 2 nitrogen and oxygen atoms in total. The van der Waals surface area contributed by atoms with E-state index in [2.05, 4.69) is 17.6 Å². The van der Waals surface area contributed by atoms with E-state index >= 15 is 0 Å². The van der Waals surface area contributed by atoms with E-state index in [4.69, 9.17) is 0 Å². The maximum absolute atomic E-state index is 3.65. The van der Waals surface area contributed by atoms with Crippen LogP contribution >= 0.6 is 0 Å². The Morgan fingerprint density at radius 2 is 1.71 bits per heavy atom. The van der Waals surface area contributed by atoms with Gasteiger partial charge in [0.25, 0.3) is 0 Å². The first-order valence-corrected chi connectivity index (χ1v) is 6.33. The van der Waals surface area contributed by atoms with Crippen LogP contribution in [0.4, 0.5) is 0 Å². The van der Waals surface area contributed by atoms with Crippen molar-refractivity contribution in [2.75, 3.05) is 13.1 Å². The van der Waals surface area contributed by atoms with Crippen LogP contribution in [0.15, 0.2) is 0 Å². The highest BCUT2D eigenvalue weighted by Crippen LogP contribution is 2.28. The molecule has 0 bridgehead atoms. The maximum atomic E-state index is 3.65. The minimum Gasteiger partial charge on any atom is -0.311 e. The highest BCUT2D eigenvalue weighted by molar-refractivity contribution is 4.86. The number of hydrogen-bond donors (Lipinski definition) is 2. The molecule has 2 heteroatoms. The first-order chi connectivity index (χ1) is 6.86. The van der Waals surface area contributed by atoms with Crippen molar-refractivity contribution in [2.45, 2.75) is 57.5 Å². The summed E-state index contributed by atoms with van der Waals surface area (Å²) >= 11 is 0. The zero-order valence-electron chi connectivity index (χ0n) is 9.39. The second-order valence-corrected chi connectivity index (χ2v) is 5.04. The summed E-state index contributed by atoms with van der Waals surface area (Å²) in [5.74, 6) is 1.00. The zero-order chi connectivity index (χ0) is 9.80. The summed E-state index contributed by atoms with van der Waals surface area (Å²) in [4.78, 5) is 0. The van der Waals surface area contributed by atoms with Crippen LogP contribution in [0.3, 0.4) is 0 Å². The number of rotatable bonds is 2. The minimum absolute atomic E-state index is 0.672. The van der Waals surface area contributed by atoms with Gasteiger partial charge >= 0.3 is 0 Å². The van der Waals surface area contributed by atoms with Crippen molar-refractivity contribution in [3.05, 3.63) is 0 Å². The Kier molecular flexibility index (Phi) is 3.82. The van der Waals surface area contributed by atoms with Gasteiger partial charge in [0.1, 0.15) is 0 Å². The minimum atomic E-state index is 0.672. The second-order valence-electron chi connectivity index (χ2n) is 5.04.